The smallest absolute Gasteiger partial charge is 0.224 e. The SMILES string of the molecule is C[C@]1(N=[N+]=[N-])[C@@H](c2cnn3c(N)ncnc23)O[C@H](CO)[C@H]1O. The Kier molecular flexibility index (Phi) is 3.34. The van der Waals surface area contributed by atoms with Crippen LogP contribution >= 0.6 is 0 Å². The first-order chi connectivity index (χ1) is 10.5. The second kappa shape index (κ2) is 5.07. The molecule has 1 aliphatic rings. The predicted molar refractivity (Wildman–Crippen MR) is 73.5 cm³/mol. The molecule has 0 amide bonds. The fourth-order valence-corrected chi connectivity index (χ4v) is 2.69. The number of aromatic nitrogens is 4. The molecule has 1 fully saturated rings. The number of nitrogen functional groups attached to an aromatic ring is 1. The molecule has 4 N–H and O–H groups in total. The number of aliphatic hydroxyl groups is 2. The van der Waals surface area contributed by atoms with Gasteiger partial charge in [0.2, 0.25) is 5.95 Å². The van der Waals surface area contributed by atoms with Gasteiger partial charge in [-0.3, -0.25) is 0 Å². The maximum atomic E-state index is 10.3. The predicted octanol–water partition coefficient (Wildman–Crippen LogP) is -0.431. The summed E-state index contributed by atoms with van der Waals surface area (Å²) in [7, 11) is 0. The van der Waals surface area contributed by atoms with Gasteiger partial charge < -0.3 is 20.7 Å². The van der Waals surface area contributed by atoms with Crippen LogP contribution in [0, 0.1) is 0 Å². The van der Waals surface area contributed by atoms with Crippen LogP contribution in [0.4, 0.5) is 5.95 Å². The number of ether oxygens (including phenoxy) is 1. The number of hydrogen-bond donors (Lipinski definition) is 3. The summed E-state index contributed by atoms with van der Waals surface area (Å²) in [6.07, 6.45) is -0.150. The summed E-state index contributed by atoms with van der Waals surface area (Å²) in [5, 5.41) is 27.4. The summed E-state index contributed by atoms with van der Waals surface area (Å²) in [6, 6.07) is 0. The Balaban J connectivity index is 2.16. The van der Waals surface area contributed by atoms with E-state index >= 15 is 0 Å². The Hall–Kier alpha value is -2.46. The summed E-state index contributed by atoms with van der Waals surface area (Å²) in [5.41, 5.74) is 14.1. The van der Waals surface area contributed by atoms with E-state index in [2.05, 4.69) is 25.1 Å². The first-order valence-corrected chi connectivity index (χ1v) is 6.47. The van der Waals surface area contributed by atoms with Crippen molar-refractivity contribution in [3.63, 3.8) is 0 Å². The molecule has 11 heteroatoms. The maximum Gasteiger partial charge on any atom is 0.224 e. The first-order valence-electron chi connectivity index (χ1n) is 6.47. The molecule has 3 heterocycles. The Bertz CT molecular complexity index is 757. The molecule has 22 heavy (non-hydrogen) atoms. The van der Waals surface area contributed by atoms with Crippen LogP contribution in [0.15, 0.2) is 17.6 Å². The van der Waals surface area contributed by atoms with Crippen molar-refractivity contribution in [3.05, 3.63) is 28.5 Å². The van der Waals surface area contributed by atoms with Gasteiger partial charge in [-0.2, -0.15) is 9.61 Å². The van der Waals surface area contributed by atoms with E-state index in [1.54, 1.807) is 6.92 Å². The number of azide groups is 1. The highest BCUT2D eigenvalue weighted by molar-refractivity contribution is 5.51. The Morgan fingerprint density at radius 3 is 3.05 bits per heavy atom. The minimum atomic E-state index is -1.31. The van der Waals surface area contributed by atoms with E-state index in [9.17, 15) is 10.2 Å². The van der Waals surface area contributed by atoms with Crippen LogP contribution in [0.2, 0.25) is 0 Å². The molecule has 0 aromatic carbocycles. The summed E-state index contributed by atoms with van der Waals surface area (Å²) >= 11 is 0. The third-order valence-corrected chi connectivity index (χ3v) is 3.87. The zero-order valence-corrected chi connectivity index (χ0v) is 11.6. The topological polar surface area (TPSA) is 168 Å². The highest BCUT2D eigenvalue weighted by Crippen LogP contribution is 2.45. The lowest BCUT2D eigenvalue weighted by molar-refractivity contribution is -0.0223. The Morgan fingerprint density at radius 1 is 1.59 bits per heavy atom. The van der Waals surface area contributed by atoms with Gasteiger partial charge in [0, 0.05) is 10.5 Å². The molecule has 116 valence electrons. The highest BCUT2D eigenvalue weighted by Gasteiger charge is 2.54. The van der Waals surface area contributed by atoms with E-state index in [0.29, 0.717) is 11.2 Å². The lowest BCUT2D eigenvalue weighted by Crippen LogP contribution is -2.41. The number of nitrogens with zero attached hydrogens (tertiary/aromatic N) is 7. The molecular weight excluding hydrogens is 292 g/mol. The van der Waals surface area contributed by atoms with Crippen molar-refractivity contribution in [3.8, 4) is 0 Å². The molecule has 0 bridgehead atoms. The van der Waals surface area contributed by atoms with Gasteiger partial charge in [-0.05, 0) is 12.5 Å². The molecule has 2 aromatic heterocycles. The van der Waals surface area contributed by atoms with Crippen LogP contribution in [-0.2, 0) is 4.74 Å². The van der Waals surface area contributed by atoms with Gasteiger partial charge >= 0.3 is 0 Å². The first kappa shape index (κ1) is 14.5. The van der Waals surface area contributed by atoms with E-state index in [4.69, 9.17) is 16.0 Å². The molecule has 0 aliphatic carbocycles. The van der Waals surface area contributed by atoms with Gasteiger partial charge in [-0.25, -0.2) is 9.97 Å². The molecule has 0 spiro atoms. The van der Waals surface area contributed by atoms with Crippen molar-refractivity contribution in [1.29, 1.82) is 0 Å². The Labute approximate surface area is 124 Å². The molecule has 1 aliphatic heterocycles. The number of anilines is 1. The standard InChI is InChI=1S/C11H14N8O3/c1-11(17-18-13)7(21)6(3-20)22-8(11)5-2-16-19-9(5)14-4-15-10(19)12/h2,4,6-8,20-21H,3H2,1H3,(H2,12,14,15)/t6-,7-,8-,11-/m1/s1. The van der Waals surface area contributed by atoms with Crippen LogP contribution in [0.3, 0.4) is 0 Å². The van der Waals surface area contributed by atoms with Crippen molar-refractivity contribution in [1.82, 2.24) is 19.6 Å². The summed E-state index contributed by atoms with van der Waals surface area (Å²) in [6.45, 7) is 1.14. The highest BCUT2D eigenvalue weighted by atomic mass is 16.5. The van der Waals surface area contributed by atoms with Gasteiger partial charge in [0.15, 0.2) is 5.65 Å². The fraction of sp³-hybridized carbons (Fsp3) is 0.545. The lowest BCUT2D eigenvalue weighted by atomic mass is 9.87. The van der Waals surface area contributed by atoms with Gasteiger partial charge in [-0.15, -0.1) is 0 Å². The lowest BCUT2D eigenvalue weighted by Gasteiger charge is -2.26. The van der Waals surface area contributed by atoms with Gasteiger partial charge in [0.25, 0.3) is 0 Å². The van der Waals surface area contributed by atoms with E-state index in [1.165, 1.54) is 17.0 Å². The molecule has 2 aromatic rings. The molecule has 3 rings (SSSR count). The van der Waals surface area contributed by atoms with Gasteiger partial charge in [-0.1, -0.05) is 5.11 Å². The van der Waals surface area contributed by atoms with Crippen molar-refractivity contribution in [2.45, 2.75) is 30.8 Å². The third-order valence-electron chi connectivity index (χ3n) is 3.87. The largest absolute Gasteiger partial charge is 0.394 e. The maximum absolute atomic E-state index is 10.3. The minimum absolute atomic E-state index is 0.138. The number of nitrogens with two attached hydrogens (primary N) is 1. The van der Waals surface area contributed by atoms with E-state index in [1.807, 2.05) is 0 Å². The minimum Gasteiger partial charge on any atom is -0.394 e. The van der Waals surface area contributed by atoms with Gasteiger partial charge in [0.05, 0.1) is 18.9 Å². The molecular formula is C11H14N8O3. The summed E-state index contributed by atoms with van der Waals surface area (Å²) < 4.78 is 6.98. The molecule has 0 saturated carbocycles. The second-order valence-electron chi connectivity index (χ2n) is 5.16. The molecule has 11 nitrogen and oxygen atoms in total. The van der Waals surface area contributed by atoms with E-state index in [0.717, 1.165) is 0 Å². The third kappa shape index (κ3) is 1.88. The second-order valence-corrected chi connectivity index (χ2v) is 5.16. The average Bonchev–Trinajstić information content (AvgIpc) is 3.02. The van der Waals surface area contributed by atoms with Crippen molar-refractivity contribution in [2.24, 2.45) is 5.11 Å². The van der Waals surface area contributed by atoms with Crippen molar-refractivity contribution >= 4 is 11.6 Å². The summed E-state index contributed by atoms with van der Waals surface area (Å²) in [4.78, 5) is 10.7. The van der Waals surface area contributed by atoms with Crippen LogP contribution in [0.1, 0.15) is 18.6 Å². The molecule has 0 unspecified atom stereocenters. The zero-order chi connectivity index (χ0) is 15.9. The number of aliphatic hydroxyl groups excluding tert-OH is 2. The van der Waals surface area contributed by atoms with Crippen LogP contribution in [0.5, 0.6) is 0 Å². The number of fused-ring (bicyclic) bond motifs is 1. The Morgan fingerprint density at radius 2 is 2.36 bits per heavy atom. The average molecular weight is 306 g/mol. The molecule has 0 radical (unpaired) electrons. The van der Waals surface area contributed by atoms with E-state index in [-0.39, 0.29) is 5.95 Å². The van der Waals surface area contributed by atoms with E-state index < -0.39 is 30.5 Å². The monoisotopic (exact) mass is 306 g/mol. The van der Waals surface area contributed by atoms with Crippen LogP contribution < -0.4 is 5.73 Å². The van der Waals surface area contributed by atoms with Crippen LogP contribution in [0.25, 0.3) is 16.1 Å². The summed E-state index contributed by atoms with van der Waals surface area (Å²) in [5.74, 6) is 0.138. The molecule has 1 saturated heterocycles. The zero-order valence-electron chi connectivity index (χ0n) is 11.6. The van der Waals surface area contributed by atoms with Crippen molar-refractivity contribution < 1.29 is 14.9 Å². The normalized spacial score (nSPS) is 31.3. The van der Waals surface area contributed by atoms with Gasteiger partial charge in [0.1, 0.15) is 24.1 Å². The number of rotatable bonds is 3. The number of hydrogen-bond acceptors (Lipinski definition) is 8. The fourth-order valence-electron chi connectivity index (χ4n) is 2.69. The quantitative estimate of drug-likeness (QED) is 0.392. The van der Waals surface area contributed by atoms with Crippen LogP contribution in [-0.4, -0.2) is 54.1 Å². The van der Waals surface area contributed by atoms with Crippen molar-refractivity contribution in [2.75, 3.05) is 12.3 Å². The molecule has 4 atom stereocenters.